The third-order valence-electron chi connectivity index (χ3n) is 4.75. The average molecular weight is 348 g/mol. The van der Waals surface area contributed by atoms with Crippen LogP contribution >= 0.6 is 0 Å². The van der Waals surface area contributed by atoms with Crippen LogP contribution in [0.4, 0.5) is 4.39 Å². The maximum absolute atomic E-state index is 13.4. The van der Waals surface area contributed by atoms with Crippen LogP contribution in [-0.4, -0.2) is 40.5 Å². The van der Waals surface area contributed by atoms with Gasteiger partial charge < -0.3 is 19.7 Å². The molecule has 1 fully saturated rings. The fraction of sp³-hybridized carbons (Fsp3) is 0.444. The lowest BCUT2D eigenvalue weighted by Crippen LogP contribution is -2.57. The lowest BCUT2D eigenvalue weighted by atomic mass is 9.91. The number of benzene rings is 1. The number of hydrogen-bond acceptors (Lipinski definition) is 4. The van der Waals surface area contributed by atoms with E-state index >= 15 is 0 Å². The number of halogens is 1. The second-order valence-electron chi connectivity index (χ2n) is 6.55. The molecule has 1 saturated heterocycles. The topological polar surface area (TPSA) is 82.8 Å². The number of piperidine rings is 1. The summed E-state index contributed by atoms with van der Waals surface area (Å²) >= 11 is 0. The first-order valence-corrected chi connectivity index (χ1v) is 8.24. The Bertz CT molecular complexity index is 832. The first-order chi connectivity index (χ1) is 11.8. The van der Waals surface area contributed by atoms with Gasteiger partial charge in [-0.1, -0.05) is 0 Å². The van der Waals surface area contributed by atoms with E-state index in [0.717, 1.165) is 5.56 Å². The van der Waals surface area contributed by atoms with Crippen molar-refractivity contribution in [1.82, 2.24) is 10.2 Å². The van der Waals surface area contributed by atoms with Crippen LogP contribution in [0.3, 0.4) is 0 Å². The van der Waals surface area contributed by atoms with Crippen LogP contribution in [0, 0.1) is 12.7 Å². The van der Waals surface area contributed by atoms with Crippen LogP contribution in [0.2, 0.25) is 0 Å². The quantitative estimate of drug-likeness (QED) is 0.887. The van der Waals surface area contributed by atoms with E-state index in [9.17, 15) is 19.1 Å². The van der Waals surface area contributed by atoms with Crippen molar-refractivity contribution in [3.05, 3.63) is 35.3 Å². The summed E-state index contributed by atoms with van der Waals surface area (Å²) in [7, 11) is 0. The zero-order valence-corrected chi connectivity index (χ0v) is 14.3. The van der Waals surface area contributed by atoms with Crippen LogP contribution in [0.1, 0.15) is 31.1 Å². The highest BCUT2D eigenvalue weighted by molar-refractivity contribution is 5.87. The van der Waals surface area contributed by atoms with E-state index in [1.165, 1.54) is 24.0 Å². The summed E-state index contributed by atoms with van der Waals surface area (Å²) in [5, 5.41) is 13.9. The maximum atomic E-state index is 13.4. The minimum atomic E-state index is -1.60. The SMILES string of the molecule is CC(=O)N1CCC[C@@](O)(C(=O)NCc2oc3ccc(F)cc3c2C)C1. The molecule has 2 N–H and O–H groups in total. The molecule has 0 unspecified atom stereocenters. The number of likely N-dealkylation sites (tertiary alicyclic amines) is 1. The molecule has 1 aromatic carbocycles. The van der Waals surface area contributed by atoms with Crippen molar-refractivity contribution in [2.45, 2.75) is 38.8 Å². The molecule has 0 radical (unpaired) electrons. The number of aliphatic hydroxyl groups is 1. The molecule has 1 aromatic heterocycles. The van der Waals surface area contributed by atoms with Gasteiger partial charge in [0.2, 0.25) is 5.91 Å². The minimum Gasteiger partial charge on any atom is -0.459 e. The van der Waals surface area contributed by atoms with Gasteiger partial charge in [-0.05, 0) is 38.0 Å². The number of carbonyl (C=O) groups excluding carboxylic acids is 2. The molecule has 25 heavy (non-hydrogen) atoms. The molecule has 7 heteroatoms. The summed E-state index contributed by atoms with van der Waals surface area (Å²) in [6.07, 6.45) is 0.860. The van der Waals surface area contributed by atoms with E-state index in [1.54, 1.807) is 13.0 Å². The normalized spacial score (nSPS) is 20.7. The highest BCUT2D eigenvalue weighted by Gasteiger charge is 2.41. The lowest BCUT2D eigenvalue weighted by Gasteiger charge is -2.37. The van der Waals surface area contributed by atoms with Gasteiger partial charge in [0.1, 0.15) is 17.2 Å². The molecule has 3 rings (SSSR count). The fourth-order valence-corrected chi connectivity index (χ4v) is 3.23. The Morgan fingerprint density at radius 1 is 1.44 bits per heavy atom. The molecule has 1 atom stereocenters. The largest absolute Gasteiger partial charge is 0.459 e. The van der Waals surface area contributed by atoms with Gasteiger partial charge in [0.25, 0.3) is 5.91 Å². The first kappa shape index (κ1) is 17.4. The molecule has 6 nitrogen and oxygen atoms in total. The molecular weight excluding hydrogens is 327 g/mol. The summed E-state index contributed by atoms with van der Waals surface area (Å²) in [5.74, 6) is -0.546. The van der Waals surface area contributed by atoms with Crippen molar-refractivity contribution in [3.8, 4) is 0 Å². The van der Waals surface area contributed by atoms with Crippen molar-refractivity contribution < 1.29 is 23.5 Å². The van der Waals surface area contributed by atoms with Crippen molar-refractivity contribution in [2.75, 3.05) is 13.1 Å². The fourth-order valence-electron chi connectivity index (χ4n) is 3.23. The zero-order valence-electron chi connectivity index (χ0n) is 14.3. The van der Waals surface area contributed by atoms with Gasteiger partial charge in [-0.25, -0.2) is 4.39 Å². The summed E-state index contributed by atoms with van der Waals surface area (Å²) < 4.78 is 19.0. The van der Waals surface area contributed by atoms with Crippen molar-refractivity contribution in [3.63, 3.8) is 0 Å². The maximum Gasteiger partial charge on any atom is 0.254 e. The van der Waals surface area contributed by atoms with Gasteiger partial charge in [0, 0.05) is 24.4 Å². The van der Waals surface area contributed by atoms with E-state index in [-0.39, 0.29) is 24.8 Å². The Labute approximate surface area is 144 Å². The van der Waals surface area contributed by atoms with Gasteiger partial charge in [-0.2, -0.15) is 0 Å². The van der Waals surface area contributed by atoms with E-state index in [0.29, 0.717) is 36.1 Å². The van der Waals surface area contributed by atoms with Gasteiger partial charge >= 0.3 is 0 Å². The van der Waals surface area contributed by atoms with Gasteiger partial charge in [-0.3, -0.25) is 9.59 Å². The Kier molecular flexibility index (Phi) is 4.51. The minimum absolute atomic E-state index is 0.0154. The lowest BCUT2D eigenvalue weighted by molar-refractivity contribution is -0.150. The smallest absolute Gasteiger partial charge is 0.254 e. The molecule has 0 bridgehead atoms. The summed E-state index contributed by atoms with van der Waals surface area (Å²) in [6.45, 7) is 3.82. The number of nitrogens with one attached hydrogen (secondary N) is 1. The number of aryl methyl sites for hydroxylation is 1. The van der Waals surface area contributed by atoms with E-state index in [4.69, 9.17) is 4.42 Å². The molecule has 134 valence electrons. The van der Waals surface area contributed by atoms with Crippen LogP contribution in [0.25, 0.3) is 11.0 Å². The van der Waals surface area contributed by atoms with Crippen LogP contribution in [0.15, 0.2) is 22.6 Å². The van der Waals surface area contributed by atoms with Crippen LogP contribution < -0.4 is 5.32 Å². The number of furan rings is 1. The monoisotopic (exact) mass is 348 g/mol. The first-order valence-electron chi connectivity index (χ1n) is 8.24. The molecule has 2 heterocycles. The van der Waals surface area contributed by atoms with E-state index < -0.39 is 11.5 Å². The second-order valence-corrected chi connectivity index (χ2v) is 6.55. The number of rotatable bonds is 3. The van der Waals surface area contributed by atoms with E-state index in [2.05, 4.69) is 5.32 Å². The summed E-state index contributed by atoms with van der Waals surface area (Å²) in [5.41, 5.74) is -0.311. The third-order valence-corrected chi connectivity index (χ3v) is 4.75. The number of hydrogen-bond donors (Lipinski definition) is 2. The standard InChI is InChI=1S/C18H21FN2O4/c1-11-14-8-13(19)4-5-15(14)25-16(11)9-20-17(23)18(24)6-3-7-21(10-18)12(2)22/h4-5,8,24H,3,6-7,9-10H2,1-2H3,(H,20,23)/t18-/m0/s1. The van der Waals surface area contributed by atoms with Crippen molar-refractivity contribution in [1.29, 1.82) is 0 Å². The van der Waals surface area contributed by atoms with Crippen LogP contribution in [-0.2, 0) is 16.1 Å². The second kappa shape index (κ2) is 6.48. The average Bonchev–Trinajstić information content (AvgIpc) is 2.88. The number of fused-ring (bicyclic) bond motifs is 1. The Hall–Kier alpha value is -2.41. The van der Waals surface area contributed by atoms with E-state index in [1.807, 2.05) is 0 Å². The highest BCUT2D eigenvalue weighted by Crippen LogP contribution is 2.26. The Morgan fingerprint density at radius 2 is 2.20 bits per heavy atom. The van der Waals surface area contributed by atoms with Crippen molar-refractivity contribution >= 4 is 22.8 Å². The zero-order chi connectivity index (χ0) is 18.2. The van der Waals surface area contributed by atoms with Gasteiger partial charge in [0.15, 0.2) is 5.60 Å². The third kappa shape index (κ3) is 3.37. The summed E-state index contributed by atoms with van der Waals surface area (Å²) in [4.78, 5) is 25.4. The number of carbonyl (C=O) groups is 2. The summed E-state index contributed by atoms with van der Waals surface area (Å²) in [6, 6.07) is 4.25. The molecule has 2 amide bonds. The van der Waals surface area contributed by atoms with Gasteiger partial charge in [0.05, 0.1) is 13.1 Å². The predicted octanol–water partition coefficient (Wildman–Crippen LogP) is 1.87. The molecule has 0 spiro atoms. The molecule has 1 aliphatic heterocycles. The number of nitrogens with zero attached hydrogens (tertiary/aromatic N) is 1. The highest BCUT2D eigenvalue weighted by atomic mass is 19.1. The molecule has 2 aromatic rings. The Balaban J connectivity index is 1.72. The Morgan fingerprint density at radius 3 is 2.92 bits per heavy atom. The van der Waals surface area contributed by atoms with Gasteiger partial charge in [-0.15, -0.1) is 0 Å². The van der Waals surface area contributed by atoms with Crippen LogP contribution in [0.5, 0.6) is 0 Å². The van der Waals surface area contributed by atoms with Crippen molar-refractivity contribution in [2.24, 2.45) is 0 Å². The molecule has 0 saturated carbocycles. The molecule has 1 aliphatic rings. The molecular formula is C18H21FN2O4. The molecule has 0 aliphatic carbocycles. The number of amides is 2. The number of β-amino-alcohol motifs (C(OH)–C–C–N with tert-alkyl or cyclic N) is 1. The predicted molar refractivity (Wildman–Crippen MR) is 89.2 cm³/mol.